The third-order valence-corrected chi connectivity index (χ3v) is 8.42. The molecule has 4 aromatic rings. The highest BCUT2D eigenvalue weighted by molar-refractivity contribution is 7.89. The van der Waals surface area contributed by atoms with Crippen molar-refractivity contribution in [3.05, 3.63) is 78.5 Å². The van der Waals surface area contributed by atoms with Crippen molar-refractivity contribution in [3.8, 4) is 34.2 Å². The number of nitrogens with zero attached hydrogens (tertiary/aromatic N) is 4. The molecule has 1 aromatic heterocycles. The highest BCUT2D eigenvalue weighted by Gasteiger charge is 2.27. The second-order valence-electron chi connectivity index (χ2n) is 8.89. The quantitative estimate of drug-likeness (QED) is 0.280. The van der Waals surface area contributed by atoms with E-state index in [1.165, 1.54) is 17.5 Å². The summed E-state index contributed by atoms with van der Waals surface area (Å²) < 4.78 is 51.2. The van der Waals surface area contributed by atoms with Gasteiger partial charge in [0, 0.05) is 42.7 Å². The molecule has 0 atom stereocenters. The lowest BCUT2D eigenvalue weighted by Crippen LogP contribution is -2.40. The van der Waals surface area contributed by atoms with Crippen LogP contribution in [0.15, 0.2) is 82.8 Å². The van der Waals surface area contributed by atoms with Gasteiger partial charge in [0.25, 0.3) is 0 Å². The van der Waals surface area contributed by atoms with Crippen molar-refractivity contribution in [2.75, 3.05) is 47.6 Å². The molecule has 5 rings (SSSR count). The fourth-order valence-electron chi connectivity index (χ4n) is 4.40. The van der Waals surface area contributed by atoms with Crippen LogP contribution in [0.25, 0.3) is 16.9 Å². The SMILES string of the molecule is COc1cc(S(=O)(=O)N2CCOCC2)ccc1N=Cc1cn(-c2ccccc2)nc1-c1ccc(OC)c(OC)c1. The number of sulfonamides is 1. The first-order chi connectivity index (χ1) is 19.4. The zero-order chi connectivity index (χ0) is 28.1. The average Bonchev–Trinajstić information content (AvgIpc) is 3.44. The highest BCUT2D eigenvalue weighted by Crippen LogP contribution is 2.34. The molecule has 3 aromatic carbocycles. The standard InChI is InChI=1S/C29H30N4O6S/c1-36-26-12-9-21(17-28(26)38-3)29-22(20-33(31-29)23-7-5-4-6-8-23)19-30-25-11-10-24(18-27(25)37-2)40(34,35)32-13-15-39-16-14-32/h4-12,17-20H,13-16H2,1-3H3. The molecule has 1 aliphatic heterocycles. The van der Waals surface area contributed by atoms with Gasteiger partial charge in [0.2, 0.25) is 10.0 Å². The Morgan fingerprint density at radius 3 is 2.30 bits per heavy atom. The number of aromatic nitrogens is 2. The number of methoxy groups -OCH3 is 3. The minimum absolute atomic E-state index is 0.146. The monoisotopic (exact) mass is 562 g/mol. The molecule has 1 fully saturated rings. The summed E-state index contributed by atoms with van der Waals surface area (Å²) in [6.07, 6.45) is 3.57. The van der Waals surface area contributed by atoms with Gasteiger partial charge in [-0.15, -0.1) is 0 Å². The van der Waals surface area contributed by atoms with E-state index in [1.54, 1.807) is 37.2 Å². The van der Waals surface area contributed by atoms with Crippen LogP contribution < -0.4 is 14.2 Å². The van der Waals surface area contributed by atoms with E-state index in [2.05, 4.69) is 4.99 Å². The lowest BCUT2D eigenvalue weighted by Gasteiger charge is -2.26. The molecule has 0 aliphatic carbocycles. The fourth-order valence-corrected chi connectivity index (χ4v) is 5.83. The molecule has 0 bridgehead atoms. The Bertz CT molecular complexity index is 1610. The molecule has 11 heteroatoms. The summed E-state index contributed by atoms with van der Waals surface area (Å²) >= 11 is 0. The van der Waals surface area contributed by atoms with Crippen LogP contribution in [-0.2, 0) is 14.8 Å². The topological polar surface area (TPSA) is 104 Å². The number of hydrogen-bond donors (Lipinski definition) is 0. The van der Waals surface area contributed by atoms with Crippen molar-refractivity contribution in [2.45, 2.75) is 4.90 Å². The van der Waals surface area contributed by atoms with Crippen LogP contribution in [0.4, 0.5) is 5.69 Å². The molecule has 0 unspecified atom stereocenters. The molecular weight excluding hydrogens is 532 g/mol. The van der Waals surface area contributed by atoms with Gasteiger partial charge in [0.05, 0.1) is 45.1 Å². The van der Waals surface area contributed by atoms with Gasteiger partial charge in [-0.25, -0.2) is 13.1 Å². The van der Waals surface area contributed by atoms with Gasteiger partial charge in [0.1, 0.15) is 17.1 Å². The van der Waals surface area contributed by atoms with Gasteiger partial charge >= 0.3 is 0 Å². The Balaban J connectivity index is 1.53. The van der Waals surface area contributed by atoms with Crippen LogP contribution in [0.3, 0.4) is 0 Å². The van der Waals surface area contributed by atoms with Crippen LogP contribution in [0.5, 0.6) is 17.2 Å². The maximum Gasteiger partial charge on any atom is 0.243 e. The van der Waals surface area contributed by atoms with Crippen molar-refractivity contribution in [2.24, 2.45) is 4.99 Å². The number of aliphatic imine (C=N–C) groups is 1. The van der Waals surface area contributed by atoms with Crippen LogP contribution in [-0.4, -0.2) is 76.4 Å². The summed E-state index contributed by atoms with van der Waals surface area (Å²) in [6.45, 7) is 1.37. The van der Waals surface area contributed by atoms with Crippen molar-refractivity contribution in [1.29, 1.82) is 0 Å². The third-order valence-electron chi connectivity index (χ3n) is 6.52. The normalized spacial score (nSPS) is 14.4. The molecule has 0 spiro atoms. The maximum atomic E-state index is 13.1. The highest BCUT2D eigenvalue weighted by atomic mass is 32.2. The Kier molecular flexibility index (Phi) is 8.15. The zero-order valence-electron chi connectivity index (χ0n) is 22.5. The van der Waals surface area contributed by atoms with E-state index in [1.807, 2.05) is 54.7 Å². The first-order valence-corrected chi connectivity index (χ1v) is 14.1. The van der Waals surface area contributed by atoms with Crippen molar-refractivity contribution in [3.63, 3.8) is 0 Å². The van der Waals surface area contributed by atoms with Crippen molar-refractivity contribution in [1.82, 2.24) is 14.1 Å². The molecule has 1 saturated heterocycles. The predicted octanol–water partition coefficient (Wildman–Crippen LogP) is 4.34. The number of benzene rings is 3. The average molecular weight is 563 g/mol. The van der Waals surface area contributed by atoms with E-state index in [-0.39, 0.29) is 4.90 Å². The molecule has 40 heavy (non-hydrogen) atoms. The van der Waals surface area contributed by atoms with E-state index in [0.717, 1.165) is 16.8 Å². The number of rotatable bonds is 9. The molecule has 0 saturated carbocycles. The number of morpholine rings is 1. The van der Waals surface area contributed by atoms with Crippen LogP contribution in [0.1, 0.15) is 5.56 Å². The molecule has 0 radical (unpaired) electrons. The summed E-state index contributed by atoms with van der Waals surface area (Å²) in [6, 6.07) is 20.0. The number of para-hydroxylation sites is 1. The Hall–Kier alpha value is -4.19. The van der Waals surface area contributed by atoms with Crippen LogP contribution in [0.2, 0.25) is 0 Å². The van der Waals surface area contributed by atoms with Gasteiger partial charge < -0.3 is 18.9 Å². The summed E-state index contributed by atoms with van der Waals surface area (Å²) in [4.78, 5) is 4.81. The summed E-state index contributed by atoms with van der Waals surface area (Å²) in [5.74, 6) is 1.53. The van der Waals surface area contributed by atoms with Gasteiger partial charge in [-0.05, 0) is 42.5 Å². The summed E-state index contributed by atoms with van der Waals surface area (Å²) in [7, 11) is 0.986. The van der Waals surface area contributed by atoms with E-state index < -0.39 is 10.0 Å². The molecule has 208 valence electrons. The Morgan fingerprint density at radius 1 is 0.875 bits per heavy atom. The smallest absolute Gasteiger partial charge is 0.243 e. The van der Waals surface area contributed by atoms with Gasteiger partial charge in [-0.1, -0.05) is 18.2 Å². The molecular formula is C29H30N4O6S. The van der Waals surface area contributed by atoms with Gasteiger partial charge in [-0.2, -0.15) is 9.40 Å². The lowest BCUT2D eigenvalue weighted by molar-refractivity contribution is 0.0730. The third kappa shape index (κ3) is 5.57. The van der Waals surface area contributed by atoms with Gasteiger partial charge in [-0.3, -0.25) is 4.99 Å². The van der Waals surface area contributed by atoms with Crippen molar-refractivity contribution < 1.29 is 27.4 Å². The molecule has 1 aliphatic rings. The number of ether oxygens (including phenoxy) is 4. The largest absolute Gasteiger partial charge is 0.494 e. The van der Waals surface area contributed by atoms with Crippen molar-refractivity contribution >= 4 is 21.9 Å². The summed E-state index contributed by atoms with van der Waals surface area (Å²) in [5, 5.41) is 4.84. The van der Waals surface area contributed by atoms with Crippen LogP contribution >= 0.6 is 0 Å². The van der Waals surface area contributed by atoms with E-state index in [4.69, 9.17) is 24.0 Å². The molecule has 0 N–H and O–H groups in total. The van der Waals surface area contributed by atoms with Gasteiger partial charge in [0.15, 0.2) is 11.5 Å². The molecule has 0 amide bonds. The lowest BCUT2D eigenvalue weighted by atomic mass is 10.1. The molecule has 2 heterocycles. The van der Waals surface area contributed by atoms with E-state index in [0.29, 0.717) is 54.9 Å². The number of hydrogen-bond acceptors (Lipinski definition) is 8. The predicted molar refractivity (Wildman–Crippen MR) is 152 cm³/mol. The second kappa shape index (κ2) is 11.9. The first kappa shape index (κ1) is 27.4. The van der Waals surface area contributed by atoms with E-state index in [9.17, 15) is 8.42 Å². The van der Waals surface area contributed by atoms with Crippen LogP contribution in [0, 0.1) is 0 Å². The maximum absolute atomic E-state index is 13.1. The fraction of sp³-hybridized carbons (Fsp3) is 0.241. The minimum Gasteiger partial charge on any atom is -0.494 e. The zero-order valence-corrected chi connectivity index (χ0v) is 23.3. The first-order valence-electron chi connectivity index (χ1n) is 12.6. The van der Waals surface area contributed by atoms with E-state index >= 15 is 0 Å². The second-order valence-corrected chi connectivity index (χ2v) is 10.8. The Morgan fingerprint density at radius 2 is 1.60 bits per heavy atom. The minimum atomic E-state index is -3.67. The summed E-state index contributed by atoms with van der Waals surface area (Å²) in [5.41, 5.74) is 3.60. The Labute approximate surface area is 233 Å². The molecule has 10 nitrogen and oxygen atoms in total.